The van der Waals surface area contributed by atoms with Crippen LogP contribution in [0.2, 0.25) is 0 Å². The van der Waals surface area contributed by atoms with Gasteiger partial charge in [0.1, 0.15) is 0 Å². The highest BCUT2D eigenvalue weighted by Crippen LogP contribution is 2.28. The van der Waals surface area contributed by atoms with E-state index in [1.54, 1.807) is 11.6 Å². The predicted molar refractivity (Wildman–Crippen MR) is 88.6 cm³/mol. The molecule has 0 saturated carbocycles. The molecule has 0 atom stereocenters. The van der Waals surface area contributed by atoms with E-state index in [4.69, 9.17) is 12.2 Å². The second-order valence-electron chi connectivity index (χ2n) is 4.79. The van der Waals surface area contributed by atoms with Crippen LogP contribution in [-0.4, -0.2) is 17.6 Å². The van der Waals surface area contributed by atoms with Crippen LogP contribution in [0.15, 0.2) is 36.4 Å². The van der Waals surface area contributed by atoms with Gasteiger partial charge in [-0.3, -0.25) is 0 Å². The highest BCUT2D eigenvalue weighted by molar-refractivity contribution is 7.79. The van der Waals surface area contributed by atoms with Crippen molar-refractivity contribution in [3.63, 3.8) is 0 Å². The minimum absolute atomic E-state index is 0.352. The number of phenols is 1. The van der Waals surface area contributed by atoms with E-state index in [-0.39, 0.29) is 5.75 Å². The number of aromatic hydroxyl groups is 1. The van der Waals surface area contributed by atoms with Gasteiger partial charge in [0, 0.05) is 13.6 Å². The maximum atomic E-state index is 13.1. The topological polar surface area (TPSA) is 35.5 Å². The highest BCUT2D eigenvalue weighted by Gasteiger charge is 2.11. The molecule has 0 saturated heterocycles. The number of nitrogens with zero attached hydrogens (tertiary/aromatic N) is 1. The first kappa shape index (κ1) is 15.3. The molecule has 2 rings (SSSR count). The van der Waals surface area contributed by atoms with Crippen molar-refractivity contribution in [2.45, 2.75) is 13.5 Å². The maximum absolute atomic E-state index is 13.1. The van der Waals surface area contributed by atoms with Gasteiger partial charge in [-0.25, -0.2) is 4.39 Å². The largest absolute Gasteiger partial charge is 0.505 e. The summed E-state index contributed by atoms with van der Waals surface area (Å²) in [5.74, 6) is -0.978. The van der Waals surface area contributed by atoms with Crippen LogP contribution in [0.4, 0.5) is 15.8 Å². The van der Waals surface area contributed by atoms with Gasteiger partial charge >= 0.3 is 0 Å². The molecule has 0 amide bonds. The Morgan fingerprint density at radius 1 is 1.29 bits per heavy atom. The molecule has 21 heavy (non-hydrogen) atoms. The van der Waals surface area contributed by atoms with E-state index in [1.165, 1.54) is 12.1 Å². The van der Waals surface area contributed by atoms with Crippen molar-refractivity contribution < 1.29 is 9.50 Å². The lowest BCUT2D eigenvalue weighted by Crippen LogP contribution is -2.20. The minimum Gasteiger partial charge on any atom is -0.505 e. The zero-order valence-corrected chi connectivity index (χ0v) is 12.7. The second-order valence-corrected chi connectivity index (χ2v) is 5.00. The third-order valence-electron chi connectivity index (χ3n) is 3.22. The Balaban J connectivity index is 2.33. The molecule has 110 valence electrons. The smallest absolute Gasteiger partial charge is 0.164 e. The Morgan fingerprint density at radius 2 is 2.05 bits per heavy atom. The first-order valence-corrected chi connectivity index (χ1v) is 7.00. The number of benzene rings is 2. The fourth-order valence-corrected chi connectivity index (χ4v) is 2.31. The zero-order chi connectivity index (χ0) is 15.4. The molecule has 0 bridgehead atoms. The Labute approximate surface area is 129 Å². The first-order chi connectivity index (χ1) is 10.0. The number of halogens is 1. The van der Waals surface area contributed by atoms with Gasteiger partial charge in [-0.2, -0.15) is 0 Å². The van der Waals surface area contributed by atoms with Crippen molar-refractivity contribution in [1.82, 2.24) is 0 Å². The zero-order valence-electron chi connectivity index (χ0n) is 11.9. The van der Waals surface area contributed by atoms with Gasteiger partial charge in [-0.05, 0) is 42.3 Å². The lowest BCUT2D eigenvalue weighted by molar-refractivity contribution is 0.431. The molecule has 0 fully saturated rings. The molecule has 5 heteroatoms. The second kappa shape index (κ2) is 6.54. The van der Waals surface area contributed by atoms with Crippen molar-refractivity contribution in [2.75, 3.05) is 17.3 Å². The quantitative estimate of drug-likeness (QED) is 0.823. The van der Waals surface area contributed by atoms with E-state index in [1.807, 2.05) is 37.1 Å². The van der Waals surface area contributed by atoms with E-state index in [0.717, 1.165) is 22.5 Å². The first-order valence-electron chi connectivity index (χ1n) is 6.53. The summed E-state index contributed by atoms with van der Waals surface area (Å²) in [6.07, 6.45) is 0. The maximum Gasteiger partial charge on any atom is 0.164 e. The van der Waals surface area contributed by atoms with Gasteiger partial charge in [0.25, 0.3) is 0 Å². The molecular formula is C16H17FN2OS. The summed E-state index contributed by atoms with van der Waals surface area (Å²) in [6, 6.07) is 10.3. The van der Waals surface area contributed by atoms with E-state index in [2.05, 4.69) is 5.32 Å². The van der Waals surface area contributed by atoms with Crippen LogP contribution in [0, 0.1) is 12.7 Å². The molecule has 0 radical (unpaired) electrons. The molecule has 2 aromatic rings. The van der Waals surface area contributed by atoms with Crippen LogP contribution in [0.3, 0.4) is 0 Å². The molecule has 0 aromatic heterocycles. The summed E-state index contributed by atoms with van der Waals surface area (Å²) in [7, 11) is 1.85. The van der Waals surface area contributed by atoms with Crippen molar-refractivity contribution in [3.8, 4) is 5.75 Å². The molecule has 0 heterocycles. The summed E-state index contributed by atoms with van der Waals surface area (Å²) in [5.41, 5.74) is 5.34. The number of thiocarbonyl (C=S) groups is 1. The third kappa shape index (κ3) is 3.49. The van der Waals surface area contributed by atoms with Crippen LogP contribution >= 0.6 is 12.2 Å². The normalized spacial score (nSPS) is 10.2. The Kier molecular flexibility index (Phi) is 4.75. The van der Waals surface area contributed by atoms with Gasteiger partial charge in [0.15, 0.2) is 11.6 Å². The molecule has 0 unspecified atom stereocenters. The molecule has 3 nitrogen and oxygen atoms in total. The van der Waals surface area contributed by atoms with Crippen LogP contribution < -0.4 is 10.2 Å². The Hall–Kier alpha value is -2.14. The van der Waals surface area contributed by atoms with Crippen LogP contribution in [0.5, 0.6) is 5.75 Å². The minimum atomic E-state index is -0.626. The summed E-state index contributed by atoms with van der Waals surface area (Å²) in [4.78, 5) is 1.88. The van der Waals surface area contributed by atoms with Gasteiger partial charge < -0.3 is 15.3 Å². The van der Waals surface area contributed by atoms with Crippen LogP contribution in [0.25, 0.3) is 0 Å². The number of aryl methyl sites for hydroxylation is 1. The average Bonchev–Trinajstić information content (AvgIpc) is 2.48. The number of hydrogen-bond acceptors (Lipinski definition) is 3. The Morgan fingerprint density at radius 3 is 2.67 bits per heavy atom. The van der Waals surface area contributed by atoms with Gasteiger partial charge in [-0.1, -0.05) is 24.4 Å². The lowest BCUT2D eigenvalue weighted by Gasteiger charge is -2.23. The summed E-state index contributed by atoms with van der Waals surface area (Å²) < 4.78 is 13.1. The highest BCUT2D eigenvalue weighted by atomic mass is 32.1. The lowest BCUT2D eigenvalue weighted by atomic mass is 10.1. The van der Waals surface area contributed by atoms with E-state index >= 15 is 0 Å². The molecule has 2 aromatic carbocycles. The predicted octanol–water partition coefficient (Wildman–Crippen LogP) is 3.85. The SMILES string of the molecule is CNc1ccc(C)cc1N(C=S)Cc1ccc(F)c(O)c1. The molecule has 0 aliphatic carbocycles. The van der Waals surface area contributed by atoms with E-state index in [9.17, 15) is 9.50 Å². The number of phenolic OH excluding ortho intramolecular Hbond substituents is 1. The number of nitrogens with one attached hydrogen (secondary N) is 1. The van der Waals surface area contributed by atoms with Gasteiger partial charge in [0.2, 0.25) is 0 Å². The van der Waals surface area contributed by atoms with E-state index < -0.39 is 5.82 Å². The van der Waals surface area contributed by atoms with Gasteiger partial charge in [-0.15, -0.1) is 0 Å². The van der Waals surface area contributed by atoms with Crippen LogP contribution in [-0.2, 0) is 6.54 Å². The Bertz CT molecular complexity index is 661. The fraction of sp³-hybridized carbons (Fsp3) is 0.188. The molecule has 0 aliphatic heterocycles. The number of rotatable bonds is 5. The van der Waals surface area contributed by atoms with Crippen molar-refractivity contribution >= 4 is 29.1 Å². The number of anilines is 2. The summed E-state index contributed by atoms with van der Waals surface area (Å²) in [5, 5.41) is 12.6. The molecule has 0 spiro atoms. The van der Waals surface area contributed by atoms with Gasteiger partial charge in [0.05, 0.1) is 16.9 Å². The molecule has 2 N–H and O–H groups in total. The average molecular weight is 304 g/mol. The van der Waals surface area contributed by atoms with Crippen molar-refractivity contribution in [3.05, 3.63) is 53.3 Å². The summed E-state index contributed by atoms with van der Waals surface area (Å²) in [6.45, 7) is 2.46. The third-order valence-corrected chi connectivity index (χ3v) is 3.48. The van der Waals surface area contributed by atoms with Crippen molar-refractivity contribution in [2.24, 2.45) is 0 Å². The standard InChI is InChI=1S/C16H17FN2OS/c1-11-3-6-14(18-2)15(7-11)19(10-21)9-12-4-5-13(17)16(20)8-12/h3-8,10,18,20H,9H2,1-2H3. The van der Waals surface area contributed by atoms with Crippen molar-refractivity contribution in [1.29, 1.82) is 0 Å². The monoisotopic (exact) mass is 304 g/mol. The summed E-state index contributed by atoms with van der Waals surface area (Å²) >= 11 is 5.10. The number of hydrogen-bond donors (Lipinski definition) is 2. The van der Waals surface area contributed by atoms with Crippen LogP contribution in [0.1, 0.15) is 11.1 Å². The fourth-order valence-electron chi connectivity index (χ4n) is 2.12. The molecular weight excluding hydrogens is 287 g/mol. The van der Waals surface area contributed by atoms with E-state index in [0.29, 0.717) is 6.54 Å². The molecule has 0 aliphatic rings.